The van der Waals surface area contributed by atoms with Gasteiger partial charge in [0.25, 0.3) is 0 Å². The largest absolute Gasteiger partial charge is 0.512 e. The summed E-state index contributed by atoms with van der Waals surface area (Å²) in [6, 6.07) is 0. The van der Waals surface area contributed by atoms with Crippen LogP contribution in [-0.4, -0.2) is 23.3 Å². The molecule has 0 atom stereocenters. The highest BCUT2D eigenvalue weighted by molar-refractivity contribution is 6.61. The van der Waals surface area contributed by atoms with Crippen LogP contribution < -0.4 is 5.59 Å². The van der Waals surface area contributed by atoms with Gasteiger partial charge in [-0.15, -0.1) is 0 Å². The smallest absolute Gasteiger partial charge is 0.398 e. The maximum absolute atomic E-state index is 6.16. The molecule has 1 fully saturated rings. The highest BCUT2D eigenvalue weighted by Gasteiger charge is 2.52. The van der Waals surface area contributed by atoms with E-state index in [-0.39, 0.29) is 18.3 Å². The lowest BCUT2D eigenvalue weighted by Gasteiger charge is -2.32. The molecule has 1 aromatic heterocycles. The van der Waals surface area contributed by atoms with E-state index in [0.29, 0.717) is 0 Å². The fraction of sp³-hybridized carbons (Fsp3) is 0.733. The number of aromatic amines is 1. The fourth-order valence-corrected chi connectivity index (χ4v) is 3.07. The van der Waals surface area contributed by atoms with Gasteiger partial charge in [-0.1, -0.05) is 0 Å². The van der Waals surface area contributed by atoms with E-state index in [4.69, 9.17) is 9.31 Å². The van der Waals surface area contributed by atoms with Crippen molar-refractivity contribution in [3.05, 3.63) is 16.8 Å². The van der Waals surface area contributed by atoms with E-state index in [2.05, 4.69) is 39.6 Å². The predicted molar refractivity (Wildman–Crippen MR) is 77.9 cm³/mol. The van der Waals surface area contributed by atoms with Crippen LogP contribution in [0.3, 0.4) is 0 Å². The number of hydrogen-bond acceptors (Lipinski definition) is 2. The van der Waals surface area contributed by atoms with Crippen LogP contribution in [0.25, 0.3) is 0 Å². The van der Waals surface area contributed by atoms with E-state index < -0.39 is 0 Å². The van der Waals surface area contributed by atoms with Crippen LogP contribution in [0.4, 0.5) is 0 Å². The molecule has 1 aromatic rings. The first-order valence-electron chi connectivity index (χ1n) is 7.38. The van der Waals surface area contributed by atoms with Crippen molar-refractivity contribution in [1.29, 1.82) is 0 Å². The van der Waals surface area contributed by atoms with Gasteiger partial charge < -0.3 is 14.3 Å². The second-order valence-corrected chi connectivity index (χ2v) is 6.92. The average Bonchev–Trinajstić information content (AvgIpc) is 2.76. The summed E-state index contributed by atoms with van der Waals surface area (Å²) in [7, 11) is -0.254. The molecule has 4 heteroatoms. The molecule has 3 nitrogen and oxygen atoms in total. The van der Waals surface area contributed by atoms with Crippen LogP contribution in [0.2, 0.25) is 0 Å². The number of nitrogens with one attached hydrogen (secondary N) is 1. The Morgan fingerprint density at radius 3 is 2.16 bits per heavy atom. The predicted octanol–water partition coefficient (Wildman–Crippen LogP) is 2.50. The van der Waals surface area contributed by atoms with Gasteiger partial charge >= 0.3 is 7.12 Å². The molecule has 1 saturated heterocycles. The Balaban J connectivity index is 1.94. The maximum Gasteiger partial charge on any atom is 0.512 e. The minimum absolute atomic E-state index is 0.254. The van der Waals surface area contributed by atoms with E-state index in [1.54, 1.807) is 0 Å². The molecule has 0 bridgehead atoms. The molecule has 19 heavy (non-hydrogen) atoms. The van der Waals surface area contributed by atoms with Gasteiger partial charge in [0, 0.05) is 11.3 Å². The summed E-state index contributed by atoms with van der Waals surface area (Å²) in [6.07, 6.45) is 4.94. The molecule has 0 radical (unpaired) electrons. The van der Waals surface area contributed by atoms with E-state index in [1.165, 1.54) is 36.1 Å². The minimum Gasteiger partial charge on any atom is -0.398 e. The topological polar surface area (TPSA) is 34.2 Å². The Morgan fingerprint density at radius 1 is 1.00 bits per heavy atom. The third-order valence-electron chi connectivity index (χ3n) is 5.10. The average molecular weight is 261 g/mol. The van der Waals surface area contributed by atoms with Gasteiger partial charge in [0.15, 0.2) is 0 Å². The van der Waals surface area contributed by atoms with Gasteiger partial charge in [-0.3, -0.25) is 0 Å². The molecule has 0 amide bonds. The number of H-pyrrole nitrogens is 1. The zero-order valence-corrected chi connectivity index (χ0v) is 12.7. The molecule has 2 aliphatic rings. The zero-order chi connectivity index (χ0) is 13.8. The third-order valence-corrected chi connectivity index (χ3v) is 5.10. The van der Waals surface area contributed by atoms with Crippen molar-refractivity contribution >= 4 is 12.7 Å². The molecule has 1 N–H and O–H groups in total. The van der Waals surface area contributed by atoms with Crippen LogP contribution in [0.15, 0.2) is 0 Å². The standard InChI is InChI=1S/C15H24BNO2/c1-10-11-8-6-7-9-12(11)17-13(10)16-18-14(2,3)15(4,5)19-16/h17H,6-9H2,1-5H3. The third kappa shape index (κ3) is 1.96. The number of aryl methyl sites for hydroxylation is 1. The Hall–Kier alpha value is -0.735. The summed E-state index contributed by atoms with van der Waals surface area (Å²) in [5, 5.41) is 0. The van der Waals surface area contributed by atoms with Crippen molar-refractivity contribution < 1.29 is 9.31 Å². The fourth-order valence-electron chi connectivity index (χ4n) is 3.07. The van der Waals surface area contributed by atoms with Crippen molar-refractivity contribution in [2.24, 2.45) is 0 Å². The molecule has 104 valence electrons. The molecule has 2 heterocycles. The summed E-state index contributed by atoms with van der Waals surface area (Å²) in [5.41, 5.74) is 4.83. The first kappa shape index (κ1) is 13.3. The van der Waals surface area contributed by atoms with Crippen LogP contribution in [-0.2, 0) is 22.2 Å². The summed E-state index contributed by atoms with van der Waals surface area (Å²) in [5.74, 6) is 0. The van der Waals surface area contributed by atoms with E-state index >= 15 is 0 Å². The van der Waals surface area contributed by atoms with Gasteiger partial charge in [0.1, 0.15) is 0 Å². The van der Waals surface area contributed by atoms with Gasteiger partial charge in [-0.05, 0) is 71.4 Å². The summed E-state index contributed by atoms with van der Waals surface area (Å²) < 4.78 is 12.3. The maximum atomic E-state index is 6.16. The van der Waals surface area contributed by atoms with Crippen LogP contribution in [0.5, 0.6) is 0 Å². The Kier molecular flexibility index (Phi) is 2.88. The molecule has 0 spiro atoms. The summed E-state index contributed by atoms with van der Waals surface area (Å²) in [4.78, 5) is 3.57. The van der Waals surface area contributed by atoms with Gasteiger partial charge in [-0.25, -0.2) is 0 Å². The summed E-state index contributed by atoms with van der Waals surface area (Å²) in [6.45, 7) is 10.6. The Labute approximate surface area is 116 Å². The van der Waals surface area contributed by atoms with Crippen molar-refractivity contribution in [3.63, 3.8) is 0 Å². The molecule has 1 aliphatic heterocycles. The first-order valence-corrected chi connectivity index (χ1v) is 7.38. The number of hydrogen-bond donors (Lipinski definition) is 1. The van der Waals surface area contributed by atoms with Crippen LogP contribution in [0, 0.1) is 6.92 Å². The zero-order valence-electron chi connectivity index (χ0n) is 12.7. The van der Waals surface area contributed by atoms with E-state index in [1.807, 2.05) is 0 Å². The highest BCUT2D eigenvalue weighted by Crippen LogP contribution is 2.37. The van der Waals surface area contributed by atoms with Crippen LogP contribution >= 0.6 is 0 Å². The molecule has 0 unspecified atom stereocenters. The molecule has 0 aromatic carbocycles. The van der Waals surface area contributed by atoms with Crippen LogP contribution in [0.1, 0.15) is 57.4 Å². The molecular weight excluding hydrogens is 237 g/mol. The molecule has 0 saturated carbocycles. The van der Waals surface area contributed by atoms with E-state index in [9.17, 15) is 0 Å². The van der Waals surface area contributed by atoms with Crippen molar-refractivity contribution in [2.75, 3.05) is 0 Å². The summed E-state index contributed by atoms with van der Waals surface area (Å²) >= 11 is 0. The molecular formula is C15H24BNO2. The van der Waals surface area contributed by atoms with E-state index in [0.717, 1.165) is 12.0 Å². The van der Waals surface area contributed by atoms with Crippen molar-refractivity contribution in [2.45, 2.75) is 71.5 Å². The molecule has 1 aliphatic carbocycles. The highest BCUT2D eigenvalue weighted by atomic mass is 16.7. The number of fused-ring (bicyclic) bond motifs is 1. The SMILES string of the molecule is Cc1c(B2OC(C)(C)C(C)(C)O2)[nH]c2c1CCCC2. The quantitative estimate of drug-likeness (QED) is 0.788. The molecule has 3 rings (SSSR count). The van der Waals surface area contributed by atoms with Crippen molar-refractivity contribution in [1.82, 2.24) is 4.98 Å². The normalized spacial score (nSPS) is 24.6. The van der Waals surface area contributed by atoms with Gasteiger partial charge in [-0.2, -0.15) is 0 Å². The lowest BCUT2D eigenvalue weighted by molar-refractivity contribution is 0.00578. The first-order chi connectivity index (χ1) is 8.82. The lowest BCUT2D eigenvalue weighted by atomic mass is 9.81. The Morgan fingerprint density at radius 2 is 1.58 bits per heavy atom. The second-order valence-electron chi connectivity index (χ2n) is 6.92. The Bertz CT molecular complexity index is 488. The van der Waals surface area contributed by atoms with Gasteiger partial charge in [0.05, 0.1) is 11.2 Å². The number of aromatic nitrogens is 1. The van der Waals surface area contributed by atoms with Gasteiger partial charge in [0.2, 0.25) is 0 Å². The lowest BCUT2D eigenvalue weighted by Crippen LogP contribution is -2.41. The van der Waals surface area contributed by atoms with Crippen molar-refractivity contribution in [3.8, 4) is 0 Å². The minimum atomic E-state index is -0.268. The number of rotatable bonds is 1. The monoisotopic (exact) mass is 261 g/mol. The second kappa shape index (κ2) is 4.13.